The molecular formula is C14H20N4O5S. The molecule has 1 aromatic rings. The van der Waals surface area contributed by atoms with Crippen LogP contribution < -0.4 is 15.8 Å². The zero-order chi connectivity index (χ0) is 17.8. The van der Waals surface area contributed by atoms with Crippen LogP contribution in [0.15, 0.2) is 29.2 Å². The van der Waals surface area contributed by atoms with Gasteiger partial charge in [-0.15, -0.1) is 0 Å². The summed E-state index contributed by atoms with van der Waals surface area (Å²) in [6.45, 7) is 0.0544. The van der Waals surface area contributed by atoms with Crippen molar-refractivity contribution in [3.8, 4) is 0 Å². The summed E-state index contributed by atoms with van der Waals surface area (Å²) >= 11 is 0. The third-order valence-corrected chi connectivity index (χ3v) is 5.45. The fourth-order valence-electron chi connectivity index (χ4n) is 2.62. The van der Waals surface area contributed by atoms with E-state index in [4.69, 9.17) is 5.73 Å². The number of amides is 1. The van der Waals surface area contributed by atoms with Gasteiger partial charge in [0.1, 0.15) is 0 Å². The van der Waals surface area contributed by atoms with Gasteiger partial charge in [-0.3, -0.25) is 14.9 Å². The molecule has 1 aliphatic rings. The summed E-state index contributed by atoms with van der Waals surface area (Å²) in [5, 5.41) is 13.3. The predicted molar refractivity (Wildman–Crippen MR) is 86.7 cm³/mol. The van der Waals surface area contributed by atoms with Crippen LogP contribution in [0.4, 0.5) is 5.69 Å². The maximum absolute atomic E-state index is 12.1. The minimum Gasteiger partial charge on any atom is -0.353 e. The number of nitrogens with one attached hydrogen (secondary N) is 2. The van der Waals surface area contributed by atoms with Crippen LogP contribution in [0, 0.1) is 10.1 Å². The van der Waals surface area contributed by atoms with E-state index in [-0.39, 0.29) is 29.6 Å². The maximum Gasteiger partial charge on any atom is 0.270 e. The number of nitro groups is 1. The first kappa shape index (κ1) is 18.3. The summed E-state index contributed by atoms with van der Waals surface area (Å²) < 4.78 is 26.5. The van der Waals surface area contributed by atoms with Crippen molar-refractivity contribution >= 4 is 21.6 Å². The number of sulfonamides is 1. The molecular weight excluding hydrogens is 336 g/mol. The van der Waals surface area contributed by atoms with Crippen LogP contribution in [0.1, 0.15) is 25.7 Å². The van der Waals surface area contributed by atoms with Gasteiger partial charge in [-0.25, -0.2) is 13.1 Å². The average molecular weight is 356 g/mol. The SMILES string of the molecule is NC1(C(=O)NCCNS(=O)(=O)c2cccc([N+](=O)[O-])c2)CCCC1. The Kier molecular flexibility index (Phi) is 5.52. The van der Waals surface area contributed by atoms with Gasteiger partial charge in [0.2, 0.25) is 15.9 Å². The van der Waals surface area contributed by atoms with Gasteiger partial charge in [-0.05, 0) is 18.9 Å². The van der Waals surface area contributed by atoms with Crippen molar-refractivity contribution in [3.05, 3.63) is 34.4 Å². The second kappa shape index (κ2) is 7.24. The van der Waals surface area contributed by atoms with E-state index in [0.29, 0.717) is 12.8 Å². The smallest absolute Gasteiger partial charge is 0.270 e. The van der Waals surface area contributed by atoms with Crippen molar-refractivity contribution in [3.63, 3.8) is 0 Å². The minimum absolute atomic E-state index is 0.0349. The summed E-state index contributed by atoms with van der Waals surface area (Å²) in [7, 11) is -3.89. The van der Waals surface area contributed by atoms with Crippen molar-refractivity contribution in [2.75, 3.05) is 13.1 Å². The van der Waals surface area contributed by atoms with E-state index in [1.807, 2.05) is 0 Å². The number of benzene rings is 1. The molecule has 2 rings (SSSR count). The van der Waals surface area contributed by atoms with Crippen molar-refractivity contribution in [1.82, 2.24) is 10.0 Å². The lowest BCUT2D eigenvalue weighted by molar-refractivity contribution is -0.385. The summed E-state index contributed by atoms with van der Waals surface area (Å²) in [6.07, 6.45) is 3.06. The molecule has 1 aromatic carbocycles. The van der Waals surface area contributed by atoms with Crippen LogP contribution in [0.3, 0.4) is 0 Å². The Morgan fingerprint density at radius 3 is 2.58 bits per heavy atom. The molecule has 4 N–H and O–H groups in total. The van der Waals surface area contributed by atoms with Gasteiger partial charge in [-0.2, -0.15) is 0 Å². The average Bonchev–Trinajstić information content (AvgIpc) is 2.99. The highest BCUT2D eigenvalue weighted by molar-refractivity contribution is 7.89. The van der Waals surface area contributed by atoms with Crippen LogP contribution in [0.5, 0.6) is 0 Å². The van der Waals surface area contributed by atoms with E-state index in [2.05, 4.69) is 10.0 Å². The van der Waals surface area contributed by atoms with Crippen LogP contribution in [-0.2, 0) is 14.8 Å². The van der Waals surface area contributed by atoms with Gasteiger partial charge in [0, 0.05) is 25.2 Å². The van der Waals surface area contributed by atoms with E-state index in [0.717, 1.165) is 18.9 Å². The molecule has 0 atom stereocenters. The van der Waals surface area contributed by atoms with E-state index < -0.39 is 20.5 Å². The predicted octanol–water partition coefficient (Wildman–Crippen LogP) is 0.261. The second-order valence-electron chi connectivity index (χ2n) is 5.77. The van der Waals surface area contributed by atoms with Gasteiger partial charge in [-0.1, -0.05) is 18.9 Å². The first-order valence-corrected chi connectivity index (χ1v) is 9.04. The molecule has 0 spiro atoms. The highest BCUT2D eigenvalue weighted by Gasteiger charge is 2.36. The molecule has 132 valence electrons. The van der Waals surface area contributed by atoms with Gasteiger partial charge >= 0.3 is 0 Å². The van der Waals surface area contributed by atoms with Crippen LogP contribution >= 0.6 is 0 Å². The normalized spacial score (nSPS) is 16.7. The number of hydrogen-bond acceptors (Lipinski definition) is 6. The van der Waals surface area contributed by atoms with E-state index >= 15 is 0 Å². The summed E-state index contributed by atoms with van der Waals surface area (Å²) in [5.74, 6) is -0.283. The maximum atomic E-state index is 12.1. The Morgan fingerprint density at radius 1 is 1.29 bits per heavy atom. The fourth-order valence-corrected chi connectivity index (χ4v) is 3.69. The molecule has 1 aliphatic carbocycles. The Bertz CT molecular complexity index is 728. The van der Waals surface area contributed by atoms with Crippen molar-refractivity contribution in [1.29, 1.82) is 0 Å². The van der Waals surface area contributed by atoms with Crippen LogP contribution in [-0.4, -0.2) is 37.9 Å². The van der Waals surface area contributed by atoms with E-state index in [1.54, 1.807) is 0 Å². The molecule has 1 saturated carbocycles. The van der Waals surface area contributed by atoms with Gasteiger partial charge in [0.05, 0.1) is 15.4 Å². The lowest BCUT2D eigenvalue weighted by Crippen LogP contribution is -2.53. The zero-order valence-electron chi connectivity index (χ0n) is 13.0. The molecule has 0 bridgehead atoms. The third kappa shape index (κ3) is 4.28. The lowest BCUT2D eigenvalue weighted by atomic mass is 9.98. The van der Waals surface area contributed by atoms with Gasteiger partial charge in [0.25, 0.3) is 5.69 Å². The fraction of sp³-hybridized carbons (Fsp3) is 0.500. The Labute approximate surface area is 139 Å². The van der Waals surface area contributed by atoms with Crippen LogP contribution in [0.25, 0.3) is 0 Å². The highest BCUT2D eigenvalue weighted by Crippen LogP contribution is 2.27. The van der Waals surface area contributed by atoms with Crippen molar-refractivity contribution < 1.29 is 18.1 Å². The quantitative estimate of drug-likeness (QED) is 0.363. The van der Waals surface area contributed by atoms with Crippen molar-refractivity contribution in [2.45, 2.75) is 36.1 Å². The van der Waals surface area contributed by atoms with Gasteiger partial charge in [0.15, 0.2) is 0 Å². The molecule has 24 heavy (non-hydrogen) atoms. The number of nitro benzene ring substituents is 1. The molecule has 1 fully saturated rings. The number of hydrogen-bond donors (Lipinski definition) is 3. The third-order valence-electron chi connectivity index (χ3n) is 3.99. The second-order valence-corrected chi connectivity index (χ2v) is 7.54. The molecule has 0 aliphatic heterocycles. The Balaban J connectivity index is 1.88. The summed E-state index contributed by atoms with van der Waals surface area (Å²) in [6, 6.07) is 4.75. The molecule has 9 nitrogen and oxygen atoms in total. The number of nitrogens with zero attached hydrogens (tertiary/aromatic N) is 1. The Hall–Kier alpha value is -2.04. The monoisotopic (exact) mass is 356 g/mol. The minimum atomic E-state index is -3.89. The standard InChI is InChI=1S/C14H20N4O5S/c15-14(6-1-2-7-14)13(19)16-8-9-17-24(22,23)12-5-3-4-11(10-12)18(20)21/h3-5,10,17H,1-2,6-9,15H2,(H,16,19). The molecule has 0 heterocycles. The first-order chi connectivity index (χ1) is 11.2. The summed E-state index contributed by atoms with van der Waals surface area (Å²) in [5.41, 5.74) is 4.82. The topological polar surface area (TPSA) is 144 Å². The largest absolute Gasteiger partial charge is 0.353 e. The molecule has 0 aromatic heterocycles. The van der Waals surface area contributed by atoms with Crippen LogP contribution in [0.2, 0.25) is 0 Å². The number of nitrogens with two attached hydrogens (primary N) is 1. The van der Waals surface area contributed by atoms with Gasteiger partial charge < -0.3 is 11.1 Å². The Morgan fingerprint density at radius 2 is 1.96 bits per heavy atom. The first-order valence-electron chi connectivity index (χ1n) is 7.56. The molecule has 1 amide bonds. The number of rotatable bonds is 7. The molecule has 0 unspecified atom stereocenters. The molecule has 0 saturated heterocycles. The molecule has 10 heteroatoms. The zero-order valence-corrected chi connectivity index (χ0v) is 13.8. The van der Waals surface area contributed by atoms with Crippen molar-refractivity contribution in [2.24, 2.45) is 5.73 Å². The summed E-state index contributed by atoms with van der Waals surface area (Å²) in [4.78, 5) is 21.8. The number of carbonyl (C=O) groups excluding carboxylic acids is 1. The number of carbonyl (C=O) groups is 1. The number of non-ortho nitro benzene ring substituents is 1. The lowest BCUT2D eigenvalue weighted by Gasteiger charge is -2.22. The highest BCUT2D eigenvalue weighted by atomic mass is 32.2. The van der Waals surface area contributed by atoms with E-state index in [9.17, 15) is 23.3 Å². The van der Waals surface area contributed by atoms with E-state index in [1.165, 1.54) is 18.2 Å². The molecule has 0 radical (unpaired) electrons.